The van der Waals surface area contributed by atoms with E-state index in [9.17, 15) is 4.79 Å². The fourth-order valence-corrected chi connectivity index (χ4v) is 5.07. The third kappa shape index (κ3) is 3.56. The maximum Gasteiger partial charge on any atom is 0.260 e. The van der Waals surface area contributed by atoms with Gasteiger partial charge in [-0.25, -0.2) is 4.98 Å². The molecule has 1 N–H and O–H groups in total. The van der Waals surface area contributed by atoms with Crippen LogP contribution in [0.2, 0.25) is 0 Å². The Balaban J connectivity index is 1.66. The highest BCUT2D eigenvalue weighted by molar-refractivity contribution is 7.18. The Kier molecular flexibility index (Phi) is 5.22. The third-order valence-corrected chi connectivity index (χ3v) is 6.25. The Morgan fingerprint density at radius 1 is 1.32 bits per heavy atom. The molecule has 1 aliphatic carbocycles. The molecule has 0 amide bonds. The van der Waals surface area contributed by atoms with Crippen molar-refractivity contribution in [2.24, 2.45) is 5.92 Å². The maximum atomic E-state index is 12.7. The third-order valence-electron chi connectivity index (χ3n) is 5.10. The van der Waals surface area contributed by atoms with Crippen molar-refractivity contribution < 1.29 is 9.47 Å². The monoisotopic (exact) mass is 396 g/mol. The molecule has 28 heavy (non-hydrogen) atoms. The van der Waals surface area contributed by atoms with Gasteiger partial charge in [-0.05, 0) is 61.4 Å². The summed E-state index contributed by atoms with van der Waals surface area (Å²) in [7, 11) is 1.62. The minimum atomic E-state index is -0.0408. The zero-order chi connectivity index (χ0) is 19.7. The number of fused-ring (bicyclic) bond motifs is 3. The van der Waals surface area contributed by atoms with E-state index in [0.717, 1.165) is 35.0 Å². The van der Waals surface area contributed by atoms with E-state index in [-0.39, 0.29) is 5.56 Å². The minimum Gasteiger partial charge on any atom is -0.493 e. The molecule has 2 aromatic heterocycles. The molecular formula is C22H24N2O3S. The lowest BCUT2D eigenvalue weighted by Gasteiger charge is -2.17. The Labute approximate surface area is 168 Å². The van der Waals surface area contributed by atoms with Crippen molar-refractivity contribution in [3.63, 3.8) is 0 Å². The molecule has 0 aliphatic heterocycles. The maximum absolute atomic E-state index is 12.7. The minimum absolute atomic E-state index is 0.0408. The molecule has 1 aliphatic rings. The van der Waals surface area contributed by atoms with Crippen LogP contribution in [-0.2, 0) is 12.8 Å². The summed E-state index contributed by atoms with van der Waals surface area (Å²) < 4.78 is 10.9. The molecule has 0 fully saturated rings. The van der Waals surface area contributed by atoms with Crippen LogP contribution >= 0.6 is 11.3 Å². The molecular weight excluding hydrogens is 372 g/mol. The van der Waals surface area contributed by atoms with Crippen molar-refractivity contribution >= 4 is 33.7 Å². The van der Waals surface area contributed by atoms with Gasteiger partial charge in [0, 0.05) is 4.88 Å². The van der Waals surface area contributed by atoms with Gasteiger partial charge in [0.05, 0.1) is 19.1 Å². The molecule has 0 spiro atoms. The predicted octanol–water partition coefficient (Wildman–Crippen LogP) is 4.69. The van der Waals surface area contributed by atoms with Crippen LogP contribution in [0, 0.1) is 5.92 Å². The molecule has 2 heterocycles. The number of nitrogens with one attached hydrogen (secondary N) is 1. The highest BCUT2D eigenvalue weighted by Gasteiger charge is 2.22. The molecule has 1 atom stereocenters. The van der Waals surface area contributed by atoms with Gasteiger partial charge in [0.25, 0.3) is 5.56 Å². The van der Waals surface area contributed by atoms with Gasteiger partial charge in [0.1, 0.15) is 10.7 Å². The first kappa shape index (κ1) is 18.7. The quantitative estimate of drug-likeness (QED) is 0.680. The Hall–Kier alpha value is -2.60. The van der Waals surface area contributed by atoms with E-state index in [4.69, 9.17) is 14.5 Å². The Bertz CT molecular complexity index is 1100. The van der Waals surface area contributed by atoms with Crippen molar-refractivity contribution in [3.05, 3.63) is 50.4 Å². The second kappa shape index (κ2) is 7.80. The highest BCUT2D eigenvalue weighted by atomic mass is 32.1. The number of methoxy groups -OCH3 is 1. The van der Waals surface area contributed by atoms with Gasteiger partial charge in [-0.2, -0.15) is 0 Å². The topological polar surface area (TPSA) is 64.2 Å². The summed E-state index contributed by atoms with van der Waals surface area (Å²) in [5, 5.41) is 0.784. The van der Waals surface area contributed by atoms with E-state index in [0.29, 0.717) is 29.8 Å². The lowest BCUT2D eigenvalue weighted by Crippen LogP contribution is -2.13. The average Bonchev–Trinajstić information content (AvgIpc) is 3.05. The van der Waals surface area contributed by atoms with Gasteiger partial charge in [-0.1, -0.05) is 19.1 Å². The van der Waals surface area contributed by atoms with Crippen molar-refractivity contribution in [3.8, 4) is 11.5 Å². The van der Waals surface area contributed by atoms with Gasteiger partial charge in [0.15, 0.2) is 11.5 Å². The smallest absolute Gasteiger partial charge is 0.260 e. The number of nitrogens with zero attached hydrogens (tertiary/aromatic N) is 1. The van der Waals surface area contributed by atoms with E-state index < -0.39 is 0 Å². The lowest BCUT2D eigenvalue weighted by atomic mass is 9.89. The summed E-state index contributed by atoms with van der Waals surface area (Å²) in [5.74, 6) is 2.64. The van der Waals surface area contributed by atoms with Crippen LogP contribution in [0.25, 0.3) is 22.4 Å². The first-order chi connectivity index (χ1) is 13.6. The van der Waals surface area contributed by atoms with E-state index in [1.165, 1.54) is 10.4 Å². The summed E-state index contributed by atoms with van der Waals surface area (Å²) in [6.45, 7) is 4.79. The van der Waals surface area contributed by atoms with Crippen molar-refractivity contribution in [1.29, 1.82) is 0 Å². The molecule has 4 rings (SSSR count). The summed E-state index contributed by atoms with van der Waals surface area (Å²) in [6.07, 6.45) is 6.91. The number of rotatable bonds is 5. The summed E-state index contributed by atoms with van der Waals surface area (Å²) in [5.41, 5.74) is 2.11. The van der Waals surface area contributed by atoms with Gasteiger partial charge in [-0.3, -0.25) is 4.79 Å². The van der Waals surface area contributed by atoms with Crippen LogP contribution in [0.3, 0.4) is 0 Å². The van der Waals surface area contributed by atoms with Crippen LogP contribution in [0.1, 0.15) is 42.1 Å². The number of ether oxygens (including phenoxy) is 2. The van der Waals surface area contributed by atoms with Crippen LogP contribution in [0.15, 0.2) is 23.0 Å². The average molecular weight is 397 g/mol. The number of aromatic nitrogens is 2. The molecule has 6 heteroatoms. The van der Waals surface area contributed by atoms with Crippen LogP contribution < -0.4 is 15.0 Å². The second-order valence-electron chi connectivity index (χ2n) is 7.16. The molecule has 146 valence electrons. The number of hydrogen-bond donors (Lipinski definition) is 1. The van der Waals surface area contributed by atoms with Crippen molar-refractivity contribution in [2.45, 2.75) is 33.1 Å². The molecule has 0 saturated heterocycles. The zero-order valence-corrected chi connectivity index (χ0v) is 17.2. The first-order valence-electron chi connectivity index (χ1n) is 9.62. The Morgan fingerprint density at radius 3 is 2.96 bits per heavy atom. The van der Waals surface area contributed by atoms with E-state index in [1.807, 2.05) is 37.3 Å². The number of aromatic amines is 1. The SMILES string of the molecule is CCOc1ccc(/C=C/c2nc3sc4c(c3c(=O)[nH]2)CC[C@@H](C)C4)cc1OC. The molecule has 3 aromatic rings. The van der Waals surface area contributed by atoms with Gasteiger partial charge >= 0.3 is 0 Å². The van der Waals surface area contributed by atoms with Crippen molar-refractivity contribution in [2.75, 3.05) is 13.7 Å². The van der Waals surface area contributed by atoms with E-state index >= 15 is 0 Å². The summed E-state index contributed by atoms with van der Waals surface area (Å²) in [6, 6.07) is 5.74. The summed E-state index contributed by atoms with van der Waals surface area (Å²) >= 11 is 1.67. The Morgan fingerprint density at radius 2 is 2.18 bits per heavy atom. The highest BCUT2D eigenvalue weighted by Crippen LogP contribution is 2.35. The first-order valence-corrected chi connectivity index (χ1v) is 10.4. The molecule has 1 aromatic carbocycles. The van der Waals surface area contributed by atoms with Crippen LogP contribution in [-0.4, -0.2) is 23.7 Å². The van der Waals surface area contributed by atoms with Gasteiger partial charge in [-0.15, -0.1) is 11.3 Å². The van der Waals surface area contributed by atoms with Crippen LogP contribution in [0.5, 0.6) is 11.5 Å². The number of H-pyrrole nitrogens is 1. The van der Waals surface area contributed by atoms with Gasteiger partial charge < -0.3 is 14.5 Å². The van der Waals surface area contributed by atoms with Gasteiger partial charge in [0.2, 0.25) is 0 Å². The van der Waals surface area contributed by atoms with E-state index in [2.05, 4.69) is 11.9 Å². The second-order valence-corrected chi connectivity index (χ2v) is 8.24. The molecule has 0 saturated carbocycles. The largest absolute Gasteiger partial charge is 0.493 e. The predicted molar refractivity (Wildman–Crippen MR) is 115 cm³/mol. The number of thiophene rings is 1. The number of benzene rings is 1. The molecule has 0 radical (unpaired) electrons. The fourth-order valence-electron chi connectivity index (χ4n) is 3.68. The fraction of sp³-hybridized carbons (Fsp3) is 0.364. The standard InChI is InChI=1S/C22H24N2O3S/c1-4-27-16-9-6-14(12-17(16)26-3)7-10-19-23-21(25)20-15-8-5-13(2)11-18(15)28-22(20)24-19/h6-7,9-10,12-13H,4-5,8,11H2,1-3H3,(H,23,24,25)/b10-7+/t13-/m1/s1. The van der Waals surface area contributed by atoms with E-state index in [1.54, 1.807) is 18.4 Å². The molecule has 5 nitrogen and oxygen atoms in total. The lowest BCUT2D eigenvalue weighted by molar-refractivity contribution is 0.311. The molecule has 0 unspecified atom stereocenters. The summed E-state index contributed by atoms with van der Waals surface area (Å²) in [4.78, 5) is 22.5. The van der Waals surface area contributed by atoms with Crippen LogP contribution in [0.4, 0.5) is 0 Å². The van der Waals surface area contributed by atoms with Crippen molar-refractivity contribution in [1.82, 2.24) is 9.97 Å². The normalized spacial score (nSPS) is 16.5. The zero-order valence-electron chi connectivity index (χ0n) is 16.4. The number of hydrogen-bond acceptors (Lipinski definition) is 5. The molecule has 0 bridgehead atoms. The number of aryl methyl sites for hydroxylation is 1.